The SMILES string of the molecule is Fc1ccc(/C=N/n2c(C(F)F)n[nH]c2=S)cc1. The van der Waals surface area contributed by atoms with Crippen molar-refractivity contribution < 1.29 is 13.2 Å². The number of alkyl halides is 2. The van der Waals surface area contributed by atoms with Crippen molar-refractivity contribution in [2.24, 2.45) is 5.10 Å². The molecule has 2 rings (SSSR count). The standard InChI is InChI=1S/C10H7F3N4S/c11-7-3-1-6(2-4-7)5-14-17-9(8(12)13)15-16-10(17)18/h1-5,8H,(H,16,18)/b14-5+. The summed E-state index contributed by atoms with van der Waals surface area (Å²) in [5.41, 5.74) is 0.555. The highest BCUT2D eigenvalue weighted by atomic mass is 32.1. The van der Waals surface area contributed by atoms with Gasteiger partial charge in [-0.05, 0) is 29.9 Å². The van der Waals surface area contributed by atoms with E-state index in [9.17, 15) is 13.2 Å². The molecule has 1 aromatic carbocycles. The molecule has 0 saturated carbocycles. The predicted octanol–water partition coefficient (Wildman–Crippen LogP) is 2.90. The Morgan fingerprint density at radius 1 is 1.33 bits per heavy atom. The molecule has 0 fully saturated rings. The fourth-order valence-corrected chi connectivity index (χ4v) is 1.42. The van der Waals surface area contributed by atoms with Crippen molar-refractivity contribution in [3.05, 3.63) is 46.2 Å². The summed E-state index contributed by atoms with van der Waals surface area (Å²) in [4.78, 5) is 0. The average molecular weight is 272 g/mol. The fourth-order valence-electron chi connectivity index (χ4n) is 1.23. The topological polar surface area (TPSA) is 46.0 Å². The van der Waals surface area contributed by atoms with Gasteiger partial charge in [-0.15, -0.1) is 0 Å². The van der Waals surface area contributed by atoms with E-state index in [-0.39, 0.29) is 10.6 Å². The van der Waals surface area contributed by atoms with Gasteiger partial charge in [0.15, 0.2) is 0 Å². The summed E-state index contributed by atoms with van der Waals surface area (Å²) in [6.07, 6.45) is -1.50. The number of nitrogens with zero attached hydrogens (tertiary/aromatic N) is 3. The molecule has 0 saturated heterocycles. The number of aromatic nitrogens is 3. The molecule has 0 spiro atoms. The Bertz CT molecular complexity index is 615. The van der Waals surface area contributed by atoms with Crippen LogP contribution in [0.5, 0.6) is 0 Å². The van der Waals surface area contributed by atoms with Crippen molar-refractivity contribution in [3.8, 4) is 0 Å². The molecule has 0 amide bonds. The molecule has 0 aliphatic rings. The lowest BCUT2D eigenvalue weighted by atomic mass is 10.2. The van der Waals surface area contributed by atoms with Crippen LogP contribution in [0, 0.1) is 10.6 Å². The third kappa shape index (κ3) is 2.65. The van der Waals surface area contributed by atoms with Crippen LogP contribution in [0.4, 0.5) is 13.2 Å². The number of rotatable bonds is 3. The smallest absolute Gasteiger partial charge is 0.250 e. The van der Waals surface area contributed by atoms with Crippen LogP contribution in [-0.2, 0) is 0 Å². The third-order valence-electron chi connectivity index (χ3n) is 2.06. The van der Waals surface area contributed by atoms with Crippen LogP contribution >= 0.6 is 12.2 Å². The van der Waals surface area contributed by atoms with E-state index in [0.29, 0.717) is 5.56 Å². The largest absolute Gasteiger partial charge is 0.299 e. The first-order valence-electron chi connectivity index (χ1n) is 4.83. The van der Waals surface area contributed by atoms with Gasteiger partial charge in [-0.1, -0.05) is 12.1 Å². The lowest BCUT2D eigenvalue weighted by Gasteiger charge is -1.98. The zero-order valence-corrected chi connectivity index (χ0v) is 9.66. The molecule has 0 unspecified atom stereocenters. The normalized spacial score (nSPS) is 11.6. The first kappa shape index (κ1) is 12.5. The van der Waals surface area contributed by atoms with Crippen LogP contribution in [0.1, 0.15) is 17.8 Å². The van der Waals surface area contributed by atoms with Crippen molar-refractivity contribution in [1.29, 1.82) is 0 Å². The minimum atomic E-state index is -2.79. The van der Waals surface area contributed by atoms with Gasteiger partial charge in [0.25, 0.3) is 6.43 Å². The lowest BCUT2D eigenvalue weighted by Crippen LogP contribution is -1.99. The fraction of sp³-hybridized carbons (Fsp3) is 0.100. The predicted molar refractivity (Wildman–Crippen MR) is 61.8 cm³/mol. The van der Waals surface area contributed by atoms with E-state index in [4.69, 9.17) is 12.2 Å². The van der Waals surface area contributed by atoms with Gasteiger partial charge in [0.05, 0.1) is 6.21 Å². The van der Waals surface area contributed by atoms with Gasteiger partial charge < -0.3 is 0 Å². The van der Waals surface area contributed by atoms with Crippen LogP contribution in [0.3, 0.4) is 0 Å². The van der Waals surface area contributed by atoms with Gasteiger partial charge in [0.2, 0.25) is 10.6 Å². The van der Waals surface area contributed by atoms with Crippen molar-refractivity contribution in [2.45, 2.75) is 6.43 Å². The Kier molecular flexibility index (Phi) is 3.56. The molecule has 1 heterocycles. The van der Waals surface area contributed by atoms with E-state index < -0.39 is 12.2 Å². The molecule has 0 aliphatic carbocycles. The summed E-state index contributed by atoms with van der Waals surface area (Å²) < 4.78 is 38.5. The molecule has 2 aromatic rings. The molecule has 0 aliphatic heterocycles. The highest BCUT2D eigenvalue weighted by molar-refractivity contribution is 7.71. The summed E-state index contributed by atoms with van der Waals surface area (Å²) in [6.45, 7) is 0. The maximum atomic E-state index is 12.7. The Morgan fingerprint density at radius 3 is 2.61 bits per heavy atom. The highest BCUT2D eigenvalue weighted by Gasteiger charge is 2.15. The molecule has 18 heavy (non-hydrogen) atoms. The maximum Gasteiger partial charge on any atom is 0.299 e. The third-order valence-corrected chi connectivity index (χ3v) is 2.33. The zero-order valence-electron chi connectivity index (χ0n) is 8.85. The molecular weight excluding hydrogens is 265 g/mol. The second-order valence-electron chi connectivity index (χ2n) is 3.30. The highest BCUT2D eigenvalue weighted by Crippen LogP contribution is 2.15. The Labute approximate surface area is 105 Å². The second-order valence-corrected chi connectivity index (χ2v) is 3.68. The molecule has 94 valence electrons. The quantitative estimate of drug-likeness (QED) is 0.689. The van der Waals surface area contributed by atoms with Crippen molar-refractivity contribution >= 4 is 18.4 Å². The Hall–Kier alpha value is -1.96. The number of benzene rings is 1. The van der Waals surface area contributed by atoms with Gasteiger partial charge >= 0.3 is 0 Å². The van der Waals surface area contributed by atoms with E-state index in [1.165, 1.54) is 30.5 Å². The molecule has 4 nitrogen and oxygen atoms in total. The molecule has 1 N–H and O–H groups in total. The summed E-state index contributed by atoms with van der Waals surface area (Å²) in [5.74, 6) is -0.960. The summed E-state index contributed by atoms with van der Waals surface area (Å²) in [6, 6.07) is 5.41. The van der Waals surface area contributed by atoms with Crippen LogP contribution in [-0.4, -0.2) is 21.1 Å². The number of hydrogen-bond donors (Lipinski definition) is 1. The van der Waals surface area contributed by atoms with Crippen LogP contribution in [0.2, 0.25) is 0 Å². The molecule has 0 bridgehead atoms. The first-order chi connectivity index (χ1) is 8.58. The van der Waals surface area contributed by atoms with Gasteiger partial charge in [-0.2, -0.15) is 14.9 Å². The first-order valence-corrected chi connectivity index (χ1v) is 5.24. The summed E-state index contributed by atoms with van der Waals surface area (Å²) in [7, 11) is 0. The lowest BCUT2D eigenvalue weighted by molar-refractivity contribution is 0.136. The van der Waals surface area contributed by atoms with Crippen molar-refractivity contribution in [1.82, 2.24) is 14.9 Å². The van der Waals surface area contributed by atoms with Gasteiger partial charge in [0, 0.05) is 0 Å². The Balaban J connectivity index is 2.31. The number of hydrogen-bond acceptors (Lipinski definition) is 3. The van der Waals surface area contributed by atoms with Gasteiger partial charge in [-0.3, -0.25) is 0 Å². The van der Waals surface area contributed by atoms with Crippen LogP contribution < -0.4 is 0 Å². The second kappa shape index (κ2) is 5.13. The number of nitrogens with one attached hydrogen (secondary N) is 1. The van der Waals surface area contributed by atoms with E-state index in [0.717, 1.165) is 4.68 Å². The zero-order chi connectivity index (χ0) is 13.1. The maximum absolute atomic E-state index is 12.7. The number of H-pyrrole nitrogens is 1. The molecule has 1 aromatic heterocycles. The minimum Gasteiger partial charge on any atom is -0.250 e. The Morgan fingerprint density at radius 2 is 2.00 bits per heavy atom. The van der Waals surface area contributed by atoms with E-state index in [2.05, 4.69) is 15.3 Å². The number of halogens is 3. The van der Waals surface area contributed by atoms with Gasteiger partial charge in [0.1, 0.15) is 5.82 Å². The number of aromatic amines is 1. The van der Waals surface area contributed by atoms with E-state index in [1.807, 2.05) is 0 Å². The molecule has 0 radical (unpaired) electrons. The van der Waals surface area contributed by atoms with Gasteiger partial charge in [-0.25, -0.2) is 18.3 Å². The molecule has 0 atom stereocenters. The summed E-state index contributed by atoms with van der Waals surface area (Å²) in [5, 5.41) is 9.37. The van der Waals surface area contributed by atoms with Crippen LogP contribution in [0.15, 0.2) is 29.4 Å². The van der Waals surface area contributed by atoms with Crippen molar-refractivity contribution in [2.75, 3.05) is 0 Å². The van der Waals surface area contributed by atoms with E-state index >= 15 is 0 Å². The van der Waals surface area contributed by atoms with Crippen LogP contribution in [0.25, 0.3) is 0 Å². The molecular formula is C10H7F3N4S. The minimum absolute atomic E-state index is 0.0383. The summed E-state index contributed by atoms with van der Waals surface area (Å²) >= 11 is 4.77. The molecule has 8 heteroatoms. The van der Waals surface area contributed by atoms with Crippen molar-refractivity contribution in [3.63, 3.8) is 0 Å². The monoisotopic (exact) mass is 272 g/mol. The van der Waals surface area contributed by atoms with E-state index in [1.54, 1.807) is 0 Å². The average Bonchev–Trinajstić information content (AvgIpc) is 2.70.